The number of aliphatic hydroxyl groups excluding tert-OH is 2. The summed E-state index contributed by atoms with van der Waals surface area (Å²) in [6.07, 6.45) is 1.35. The second-order valence-electron chi connectivity index (χ2n) is 9.07. The highest BCUT2D eigenvalue weighted by molar-refractivity contribution is 5.54. The van der Waals surface area contributed by atoms with E-state index in [0.29, 0.717) is 36.4 Å². The molecule has 2 N–H and O–H groups in total. The van der Waals surface area contributed by atoms with Gasteiger partial charge >= 0.3 is 0 Å². The van der Waals surface area contributed by atoms with Crippen LogP contribution in [-0.4, -0.2) is 105 Å². The zero-order chi connectivity index (χ0) is 26.2. The lowest BCUT2D eigenvalue weighted by molar-refractivity contribution is 0.0240. The average Bonchev–Trinajstić information content (AvgIpc) is 3.68. The molecular formula is C26H30N6O6. The third-order valence-corrected chi connectivity index (χ3v) is 6.21. The summed E-state index contributed by atoms with van der Waals surface area (Å²) < 4.78 is 21.8. The van der Waals surface area contributed by atoms with E-state index in [1.54, 1.807) is 0 Å². The van der Waals surface area contributed by atoms with Crippen molar-refractivity contribution in [2.45, 2.75) is 12.2 Å². The van der Waals surface area contributed by atoms with Gasteiger partial charge in [0.25, 0.3) is 0 Å². The second-order valence-corrected chi connectivity index (χ2v) is 9.07. The minimum absolute atomic E-state index is 0.200. The first kappa shape index (κ1) is 25.8. The molecule has 1 saturated heterocycles. The molecule has 2 aromatic carbocycles. The van der Waals surface area contributed by atoms with E-state index in [1.807, 2.05) is 48.5 Å². The normalized spacial score (nSPS) is 16.3. The molecule has 0 spiro atoms. The Morgan fingerprint density at radius 2 is 1.05 bits per heavy atom. The minimum atomic E-state index is -0.609. The van der Waals surface area contributed by atoms with Gasteiger partial charge in [-0.1, -0.05) is 0 Å². The molecule has 1 fully saturated rings. The number of rotatable bonds is 12. The quantitative estimate of drug-likeness (QED) is 0.279. The van der Waals surface area contributed by atoms with Crippen molar-refractivity contribution in [3.8, 4) is 34.4 Å². The monoisotopic (exact) mass is 522 g/mol. The third kappa shape index (κ3) is 7.13. The fraction of sp³-hybridized carbons (Fsp3) is 0.385. The van der Waals surface area contributed by atoms with Crippen LogP contribution in [-0.2, 0) is 0 Å². The van der Waals surface area contributed by atoms with Crippen LogP contribution in [0.5, 0.6) is 11.5 Å². The molecule has 200 valence electrons. The second kappa shape index (κ2) is 12.6. The molecule has 2 aromatic heterocycles. The van der Waals surface area contributed by atoms with E-state index < -0.39 is 12.2 Å². The lowest BCUT2D eigenvalue weighted by atomic mass is 10.2. The van der Waals surface area contributed by atoms with E-state index in [-0.39, 0.29) is 13.2 Å². The Kier molecular flexibility index (Phi) is 8.56. The Hall–Kier alpha value is -3.84. The SMILES string of the molecule is O[C@@H](COc1ccc(-c2nnco2)cc1)CN1CCN(C[C@@H](O)COc2ccc(-c3nnco3)cc2)CC1. The topological polar surface area (TPSA) is 143 Å². The maximum atomic E-state index is 10.4. The zero-order valence-electron chi connectivity index (χ0n) is 20.8. The molecule has 0 bridgehead atoms. The van der Waals surface area contributed by atoms with E-state index in [4.69, 9.17) is 18.3 Å². The largest absolute Gasteiger partial charge is 0.491 e. The molecule has 12 nitrogen and oxygen atoms in total. The van der Waals surface area contributed by atoms with Gasteiger partial charge in [0, 0.05) is 50.4 Å². The number of aromatic nitrogens is 4. The fourth-order valence-corrected chi connectivity index (χ4v) is 4.23. The summed E-state index contributed by atoms with van der Waals surface area (Å²) in [5, 5.41) is 36.0. The number of hydrogen-bond donors (Lipinski definition) is 2. The summed E-state index contributed by atoms with van der Waals surface area (Å²) in [5.41, 5.74) is 1.61. The molecule has 0 amide bonds. The van der Waals surface area contributed by atoms with Gasteiger partial charge in [0.1, 0.15) is 36.9 Å². The van der Waals surface area contributed by atoms with Crippen LogP contribution in [0.1, 0.15) is 0 Å². The molecule has 5 rings (SSSR count). The van der Waals surface area contributed by atoms with Crippen LogP contribution in [0.25, 0.3) is 22.9 Å². The summed E-state index contributed by atoms with van der Waals surface area (Å²) in [6, 6.07) is 14.6. The van der Waals surface area contributed by atoms with E-state index in [2.05, 4.69) is 30.2 Å². The third-order valence-electron chi connectivity index (χ3n) is 6.21. The van der Waals surface area contributed by atoms with Crippen molar-refractivity contribution in [1.82, 2.24) is 30.2 Å². The predicted molar refractivity (Wildman–Crippen MR) is 135 cm³/mol. The predicted octanol–water partition coefficient (Wildman–Crippen LogP) is 1.58. The Morgan fingerprint density at radius 3 is 1.39 bits per heavy atom. The summed E-state index contributed by atoms with van der Waals surface area (Å²) in [4.78, 5) is 4.41. The lowest BCUT2D eigenvalue weighted by Gasteiger charge is -2.36. The number of benzene rings is 2. The van der Waals surface area contributed by atoms with Gasteiger partial charge in [0.15, 0.2) is 0 Å². The highest BCUT2D eigenvalue weighted by Crippen LogP contribution is 2.21. The molecule has 2 atom stereocenters. The first-order valence-electron chi connectivity index (χ1n) is 12.4. The molecule has 0 unspecified atom stereocenters. The van der Waals surface area contributed by atoms with Crippen LogP contribution in [0.2, 0.25) is 0 Å². The number of nitrogens with zero attached hydrogens (tertiary/aromatic N) is 6. The van der Waals surface area contributed by atoms with Crippen LogP contribution >= 0.6 is 0 Å². The van der Waals surface area contributed by atoms with Gasteiger partial charge < -0.3 is 28.5 Å². The van der Waals surface area contributed by atoms with Crippen molar-refractivity contribution in [1.29, 1.82) is 0 Å². The smallest absolute Gasteiger partial charge is 0.247 e. The van der Waals surface area contributed by atoms with Crippen molar-refractivity contribution in [3.05, 3.63) is 61.3 Å². The molecule has 4 aromatic rings. The van der Waals surface area contributed by atoms with Gasteiger partial charge in [-0.15, -0.1) is 20.4 Å². The summed E-state index contributed by atoms with van der Waals surface area (Å²) in [5.74, 6) is 2.22. The molecule has 38 heavy (non-hydrogen) atoms. The molecule has 0 saturated carbocycles. The van der Waals surface area contributed by atoms with Gasteiger partial charge in [0.2, 0.25) is 24.6 Å². The van der Waals surface area contributed by atoms with Crippen molar-refractivity contribution in [2.75, 3.05) is 52.5 Å². The first-order valence-corrected chi connectivity index (χ1v) is 12.4. The maximum Gasteiger partial charge on any atom is 0.247 e. The zero-order valence-corrected chi connectivity index (χ0v) is 20.8. The average molecular weight is 523 g/mol. The van der Waals surface area contributed by atoms with Gasteiger partial charge in [-0.05, 0) is 48.5 Å². The van der Waals surface area contributed by atoms with E-state index >= 15 is 0 Å². The van der Waals surface area contributed by atoms with Crippen LogP contribution in [0, 0.1) is 0 Å². The molecule has 1 aliphatic heterocycles. The highest BCUT2D eigenvalue weighted by atomic mass is 16.5. The van der Waals surface area contributed by atoms with E-state index in [1.165, 1.54) is 12.8 Å². The molecule has 12 heteroatoms. The number of piperazine rings is 1. The van der Waals surface area contributed by atoms with Gasteiger partial charge in [-0.25, -0.2) is 0 Å². The van der Waals surface area contributed by atoms with E-state index in [0.717, 1.165) is 37.3 Å². The fourth-order valence-electron chi connectivity index (χ4n) is 4.23. The van der Waals surface area contributed by atoms with Gasteiger partial charge in [-0.3, -0.25) is 9.80 Å². The Labute approximate surface area is 219 Å². The molecule has 0 radical (unpaired) electrons. The van der Waals surface area contributed by atoms with Crippen LogP contribution in [0.3, 0.4) is 0 Å². The Balaban J connectivity index is 0.966. The first-order chi connectivity index (χ1) is 18.6. The molecule has 1 aliphatic rings. The minimum Gasteiger partial charge on any atom is -0.491 e. The standard InChI is InChI=1S/C26H30N6O6/c33-21(15-35-23-5-1-19(2-6-23)25-29-27-17-37-25)13-31-9-11-32(12-10-31)14-22(34)16-36-24-7-3-20(4-8-24)26-30-28-18-38-26/h1-8,17-18,21-22,33-34H,9-16H2/t21-,22-/m1/s1. The molecular weight excluding hydrogens is 492 g/mol. The highest BCUT2D eigenvalue weighted by Gasteiger charge is 2.21. The summed E-state index contributed by atoms with van der Waals surface area (Å²) in [7, 11) is 0. The number of aliphatic hydroxyl groups is 2. The number of β-amino-alcohol motifs (C(OH)–C–C–N with tert-alkyl or cyclic N) is 2. The summed E-state index contributed by atoms with van der Waals surface area (Å²) >= 11 is 0. The number of ether oxygens (including phenoxy) is 2. The van der Waals surface area contributed by atoms with Crippen molar-refractivity contribution in [3.63, 3.8) is 0 Å². The Morgan fingerprint density at radius 1 is 0.658 bits per heavy atom. The molecule has 0 aliphatic carbocycles. The Bertz CT molecular complexity index is 1110. The maximum absolute atomic E-state index is 10.4. The summed E-state index contributed by atoms with van der Waals surface area (Å²) in [6.45, 7) is 4.68. The van der Waals surface area contributed by atoms with Crippen molar-refractivity contribution >= 4 is 0 Å². The van der Waals surface area contributed by atoms with E-state index in [9.17, 15) is 10.2 Å². The lowest BCUT2D eigenvalue weighted by Crippen LogP contribution is -2.51. The van der Waals surface area contributed by atoms with Crippen LogP contribution < -0.4 is 9.47 Å². The van der Waals surface area contributed by atoms with Crippen LogP contribution in [0.15, 0.2) is 70.2 Å². The van der Waals surface area contributed by atoms with Gasteiger partial charge in [0.05, 0.1) is 0 Å². The van der Waals surface area contributed by atoms with Crippen molar-refractivity contribution < 1.29 is 28.5 Å². The molecule has 3 heterocycles. The number of hydrogen-bond acceptors (Lipinski definition) is 12. The van der Waals surface area contributed by atoms with Gasteiger partial charge in [-0.2, -0.15) is 0 Å². The van der Waals surface area contributed by atoms with Crippen LogP contribution in [0.4, 0.5) is 0 Å². The van der Waals surface area contributed by atoms with Crippen molar-refractivity contribution in [2.24, 2.45) is 0 Å².